The molecule has 1 aliphatic rings. The minimum absolute atomic E-state index is 0.0446. The summed E-state index contributed by atoms with van der Waals surface area (Å²) in [6.07, 6.45) is 2.49. The summed E-state index contributed by atoms with van der Waals surface area (Å²) in [6, 6.07) is 8.28. The highest BCUT2D eigenvalue weighted by atomic mass is 32.2. The minimum atomic E-state index is -0.218. The van der Waals surface area contributed by atoms with Gasteiger partial charge >= 0.3 is 0 Å². The van der Waals surface area contributed by atoms with Crippen molar-refractivity contribution in [2.75, 3.05) is 11.5 Å². The van der Waals surface area contributed by atoms with Crippen LogP contribution in [0.5, 0.6) is 5.75 Å². The van der Waals surface area contributed by atoms with Gasteiger partial charge in [0.1, 0.15) is 22.7 Å². The SMILES string of the molecule is Nc1cccnc1SCC1Cc2cc(F)ccc2O1. The highest BCUT2D eigenvalue weighted by Gasteiger charge is 2.23. The second-order valence-corrected chi connectivity index (χ2v) is 5.41. The van der Waals surface area contributed by atoms with Crippen LogP contribution in [-0.2, 0) is 6.42 Å². The first kappa shape index (κ1) is 12.3. The van der Waals surface area contributed by atoms with Crippen molar-refractivity contribution in [2.24, 2.45) is 0 Å². The quantitative estimate of drug-likeness (QED) is 0.876. The van der Waals surface area contributed by atoms with Gasteiger partial charge in [-0.05, 0) is 30.3 Å². The Morgan fingerprint density at radius 3 is 3.16 bits per heavy atom. The Morgan fingerprint density at radius 2 is 2.32 bits per heavy atom. The Morgan fingerprint density at radius 1 is 1.42 bits per heavy atom. The maximum absolute atomic E-state index is 13.1. The van der Waals surface area contributed by atoms with Gasteiger partial charge in [0.25, 0.3) is 0 Å². The van der Waals surface area contributed by atoms with Crippen LogP contribution in [0.3, 0.4) is 0 Å². The monoisotopic (exact) mass is 276 g/mol. The number of thioether (sulfide) groups is 1. The summed E-state index contributed by atoms with van der Waals surface area (Å²) in [6.45, 7) is 0. The predicted octanol–water partition coefficient (Wildman–Crippen LogP) is 2.90. The van der Waals surface area contributed by atoms with E-state index in [-0.39, 0.29) is 11.9 Å². The van der Waals surface area contributed by atoms with Gasteiger partial charge in [0.2, 0.25) is 0 Å². The smallest absolute Gasteiger partial charge is 0.123 e. The van der Waals surface area contributed by atoms with Gasteiger partial charge in [0, 0.05) is 23.9 Å². The molecule has 1 atom stereocenters. The number of nitrogen functional groups attached to an aromatic ring is 1. The number of fused-ring (bicyclic) bond motifs is 1. The van der Waals surface area contributed by atoms with E-state index in [9.17, 15) is 4.39 Å². The zero-order chi connectivity index (χ0) is 13.2. The first-order chi connectivity index (χ1) is 9.22. The third kappa shape index (κ3) is 2.66. The van der Waals surface area contributed by atoms with Crippen molar-refractivity contribution in [3.8, 4) is 5.75 Å². The number of nitrogens with zero attached hydrogens (tertiary/aromatic N) is 1. The largest absolute Gasteiger partial charge is 0.489 e. The number of aromatic nitrogens is 1. The fraction of sp³-hybridized carbons (Fsp3) is 0.214. The first-order valence-corrected chi connectivity index (χ1v) is 6.99. The summed E-state index contributed by atoms with van der Waals surface area (Å²) in [5.74, 6) is 1.31. The summed E-state index contributed by atoms with van der Waals surface area (Å²) in [4.78, 5) is 4.22. The van der Waals surface area contributed by atoms with E-state index in [0.717, 1.165) is 28.5 Å². The molecule has 1 unspecified atom stereocenters. The van der Waals surface area contributed by atoms with Crippen LogP contribution in [0.1, 0.15) is 5.56 Å². The molecule has 0 aliphatic carbocycles. The fourth-order valence-corrected chi connectivity index (χ4v) is 2.98. The van der Waals surface area contributed by atoms with Gasteiger partial charge in [-0.1, -0.05) is 0 Å². The topological polar surface area (TPSA) is 48.1 Å². The molecule has 3 nitrogen and oxygen atoms in total. The molecular formula is C14H13FN2OS. The average molecular weight is 276 g/mol. The molecule has 1 aromatic heterocycles. The highest BCUT2D eigenvalue weighted by molar-refractivity contribution is 7.99. The molecule has 2 aromatic rings. The van der Waals surface area contributed by atoms with Crippen LogP contribution < -0.4 is 10.5 Å². The molecule has 0 saturated carbocycles. The van der Waals surface area contributed by atoms with Crippen LogP contribution in [0, 0.1) is 5.82 Å². The summed E-state index contributed by atoms with van der Waals surface area (Å²) in [5.41, 5.74) is 7.44. The van der Waals surface area contributed by atoms with Crippen LogP contribution in [0.2, 0.25) is 0 Å². The molecule has 98 valence electrons. The molecule has 0 radical (unpaired) electrons. The van der Waals surface area contributed by atoms with E-state index >= 15 is 0 Å². The van der Waals surface area contributed by atoms with Gasteiger partial charge in [-0.15, -0.1) is 11.8 Å². The lowest BCUT2D eigenvalue weighted by Crippen LogP contribution is -2.16. The third-order valence-electron chi connectivity index (χ3n) is 2.97. The van der Waals surface area contributed by atoms with Crippen LogP contribution in [0.25, 0.3) is 0 Å². The van der Waals surface area contributed by atoms with Crippen LogP contribution in [0.4, 0.5) is 10.1 Å². The Bertz CT molecular complexity index is 606. The highest BCUT2D eigenvalue weighted by Crippen LogP contribution is 2.32. The molecule has 0 saturated heterocycles. The molecule has 3 rings (SSSR count). The second-order valence-electron chi connectivity index (χ2n) is 4.40. The Balaban J connectivity index is 1.63. The van der Waals surface area contributed by atoms with E-state index in [0.29, 0.717) is 5.69 Å². The lowest BCUT2D eigenvalue weighted by Gasteiger charge is -2.10. The zero-order valence-corrected chi connectivity index (χ0v) is 11.0. The van der Waals surface area contributed by atoms with E-state index in [1.807, 2.05) is 12.1 Å². The molecule has 1 aliphatic heterocycles. The fourth-order valence-electron chi connectivity index (χ4n) is 2.08. The normalized spacial score (nSPS) is 17.0. The minimum Gasteiger partial charge on any atom is -0.489 e. The van der Waals surface area contributed by atoms with Crippen molar-refractivity contribution < 1.29 is 9.13 Å². The standard InChI is InChI=1S/C14H13FN2OS/c15-10-3-4-13-9(6-10)7-11(18-13)8-19-14-12(16)2-1-5-17-14/h1-6,11H,7-8,16H2. The van der Waals surface area contributed by atoms with Gasteiger partial charge < -0.3 is 10.5 Å². The van der Waals surface area contributed by atoms with Crippen LogP contribution >= 0.6 is 11.8 Å². The van der Waals surface area contributed by atoms with Gasteiger partial charge in [0.15, 0.2) is 0 Å². The first-order valence-electron chi connectivity index (χ1n) is 6.01. The van der Waals surface area contributed by atoms with Crippen molar-refractivity contribution in [3.05, 3.63) is 47.9 Å². The summed E-state index contributed by atoms with van der Waals surface area (Å²) in [7, 11) is 0. The van der Waals surface area contributed by atoms with Gasteiger partial charge in [-0.2, -0.15) is 0 Å². The van der Waals surface area contributed by atoms with Crippen molar-refractivity contribution in [1.29, 1.82) is 0 Å². The molecule has 0 fully saturated rings. The third-order valence-corrected chi connectivity index (χ3v) is 4.12. The summed E-state index contributed by atoms with van der Waals surface area (Å²) in [5, 5.41) is 0.813. The molecule has 5 heteroatoms. The van der Waals surface area contributed by atoms with Crippen molar-refractivity contribution in [2.45, 2.75) is 17.6 Å². The Kier molecular flexibility index (Phi) is 3.29. The molecule has 2 heterocycles. The number of pyridine rings is 1. The Labute approximate surface area is 115 Å². The van der Waals surface area contributed by atoms with E-state index in [1.165, 1.54) is 12.1 Å². The molecule has 0 bridgehead atoms. The molecular weight excluding hydrogens is 263 g/mol. The van der Waals surface area contributed by atoms with E-state index in [2.05, 4.69) is 4.98 Å². The van der Waals surface area contributed by atoms with E-state index < -0.39 is 0 Å². The molecule has 0 spiro atoms. The maximum atomic E-state index is 13.1. The number of hydrogen-bond donors (Lipinski definition) is 1. The molecule has 19 heavy (non-hydrogen) atoms. The summed E-state index contributed by atoms with van der Waals surface area (Å²) >= 11 is 1.56. The second kappa shape index (κ2) is 5.09. The maximum Gasteiger partial charge on any atom is 0.123 e. The van der Waals surface area contributed by atoms with Gasteiger partial charge in [-0.25, -0.2) is 9.37 Å². The van der Waals surface area contributed by atoms with Crippen LogP contribution in [-0.4, -0.2) is 16.8 Å². The number of halogens is 1. The van der Waals surface area contributed by atoms with Gasteiger partial charge in [0.05, 0.1) is 5.69 Å². The lowest BCUT2D eigenvalue weighted by molar-refractivity contribution is 0.259. The number of benzene rings is 1. The van der Waals surface area contributed by atoms with Gasteiger partial charge in [-0.3, -0.25) is 0 Å². The number of hydrogen-bond acceptors (Lipinski definition) is 4. The molecule has 2 N–H and O–H groups in total. The summed E-state index contributed by atoms with van der Waals surface area (Å²) < 4.78 is 18.9. The molecule has 1 aromatic carbocycles. The number of ether oxygens (including phenoxy) is 1. The molecule has 0 amide bonds. The van der Waals surface area contributed by atoms with Crippen molar-refractivity contribution >= 4 is 17.4 Å². The van der Waals surface area contributed by atoms with Crippen molar-refractivity contribution in [3.63, 3.8) is 0 Å². The predicted molar refractivity (Wildman–Crippen MR) is 73.9 cm³/mol. The van der Waals surface area contributed by atoms with E-state index in [1.54, 1.807) is 24.0 Å². The number of rotatable bonds is 3. The van der Waals surface area contributed by atoms with E-state index in [4.69, 9.17) is 10.5 Å². The lowest BCUT2D eigenvalue weighted by atomic mass is 10.1. The average Bonchev–Trinajstić information content (AvgIpc) is 2.79. The zero-order valence-electron chi connectivity index (χ0n) is 10.2. The Hall–Kier alpha value is -1.75. The number of anilines is 1. The van der Waals surface area contributed by atoms with Crippen molar-refractivity contribution in [1.82, 2.24) is 4.98 Å². The van der Waals surface area contributed by atoms with Crippen LogP contribution in [0.15, 0.2) is 41.6 Å². The number of nitrogens with two attached hydrogens (primary N) is 1.